The molecule has 0 aliphatic carbocycles. The predicted molar refractivity (Wildman–Crippen MR) is 67.4 cm³/mol. The van der Waals surface area contributed by atoms with Crippen LogP contribution in [0.2, 0.25) is 0 Å². The standard InChI is InChI=1S/C13H16N2O2/c1-8(14)13-11-6-9(16-2)7-12(17-3)10(11)4-5-15-13/h4-8H,14H2,1-3H3. The molecule has 0 amide bonds. The van der Waals surface area contributed by atoms with E-state index in [4.69, 9.17) is 15.2 Å². The molecule has 4 nitrogen and oxygen atoms in total. The van der Waals surface area contributed by atoms with Crippen molar-refractivity contribution in [3.8, 4) is 11.5 Å². The SMILES string of the molecule is COc1cc(OC)c2ccnc(C(C)N)c2c1. The second-order valence-corrected chi connectivity index (χ2v) is 3.91. The Kier molecular flexibility index (Phi) is 3.15. The van der Waals surface area contributed by atoms with Gasteiger partial charge in [0.05, 0.1) is 19.9 Å². The maximum atomic E-state index is 5.92. The molecule has 2 N–H and O–H groups in total. The van der Waals surface area contributed by atoms with Crippen molar-refractivity contribution in [2.75, 3.05) is 14.2 Å². The first-order valence-corrected chi connectivity index (χ1v) is 5.43. The molecule has 0 aliphatic heterocycles. The maximum absolute atomic E-state index is 5.92. The Morgan fingerprint density at radius 2 is 1.94 bits per heavy atom. The normalized spacial score (nSPS) is 12.5. The van der Waals surface area contributed by atoms with Gasteiger partial charge < -0.3 is 15.2 Å². The number of hydrogen-bond donors (Lipinski definition) is 1. The van der Waals surface area contributed by atoms with Gasteiger partial charge in [-0.05, 0) is 19.1 Å². The third kappa shape index (κ3) is 2.03. The molecule has 1 aromatic carbocycles. The number of methoxy groups -OCH3 is 2. The van der Waals surface area contributed by atoms with Crippen LogP contribution in [0.3, 0.4) is 0 Å². The van der Waals surface area contributed by atoms with Gasteiger partial charge in [0, 0.05) is 29.1 Å². The van der Waals surface area contributed by atoms with E-state index in [0.29, 0.717) is 0 Å². The van der Waals surface area contributed by atoms with Crippen molar-refractivity contribution in [1.29, 1.82) is 0 Å². The average molecular weight is 232 g/mol. The summed E-state index contributed by atoms with van der Waals surface area (Å²) in [5, 5.41) is 1.97. The van der Waals surface area contributed by atoms with Crippen LogP contribution in [0.1, 0.15) is 18.7 Å². The van der Waals surface area contributed by atoms with Gasteiger partial charge in [0.25, 0.3) is 0 Å². The van der Waals surface area contributed by atoms with Gasteiger partial charge in [0.1, 0.15) is 11.5 Å². The molecule has 4 heteroatoms. The molecule has 17 heavy (non-hydrogen) atoms. The highest BCUT2D eigenvalue weighted by Crippen LogP contribution is 2.33. The van der Waals surface area contributed by atoms with Gasteiger partial charge in [-0.2, -0.15) is 0 Å². The summed E-state index contributed by atoms with van der Waals surface area (Å²) in [5.74, 6) is 1.51. The highest BCUT2D eigenvalue weighted by molar-refractivity contribution is 5.91. The van der Waals surface area contributed by atoms with Gasteiger partial charge in [0.15, 0.2) is 0 Å². The van der Waals surface area contributed by atoms with Gasteiger partial charge in [-0.3, -0.25) is 4.98 Å². The van der Waals surface area contributed by atoms with Gasteiger partial charge in [-0.15, -0.1) is 0 Å². The number of aromatic nitrogens is 1. The number of nitrogens with two attached hydrogens (primary N) is 1. The van der Waals surface area contributed by atoms with E-state index in [9.17, 15) is 0 Å². The molecule has 2 aromatic rings. The lowest BCUT2D eigenvalue weighted by molar-refractivity contribution is 0.398. The van der Waals surface area contributed by atoms with Crippen molar-refractivity contribution in [2.24, 2.45) is 5.73 Å². The van der Waals surface area contributed by atoms with Gasteiger partial charge in [-0.25, -0.2) is 0 Å². The Morgan fingerprint density at radius 3 is 2.53 bits per heavy atom. The molecular weight excluding hydrogens is 216 g/mol. The van der Waals surface area contributed by atoms with E-state index in [1.807, 2.05) is 25.1 Å². The molecule has 0 spiro atoms. The number of ether oxygens (including phenoxy) is 2. The molecule has 1 aromatic heterocycles. The zero-order chi connectivity index (χ0) is 12.4. The number of hydrogen-bond acceptors (Lipinski definition) is 4. The average Bonchev–Trinajstić information content (AvgIpc) is 2.36. The fourth-order valence-electron chi connectivity index (χ4n) is 1.90. The van der Waals surface area contributed by atoms with Crippen molar-refractivity contribution in [3.05, 3.63) is 30.1 Å². The molecule has 1 heterocycles. The first-order valence-electron chi connectivity index (χ1n) is 5.43. The van der Waals surface area contributed by atoms with Crippen molar-refractivity contribution in [1.82, 2.24) is 4.98 Å². The van der Waals surface area contributed by atoms with Crippen molar-refractivity contribution < 1.29 is 9.47 Å². The Bertz CT molecular complexity index is 538. The van der Waals surface area contributed by atoms with E-state index < -0.39 is 0 Å². The molecular formula is C13H16N2O2. The first-order chi connectivity index (χ1) is 8.17. The molecule has 1 atom stereocenters. The van der Waals surface area contributed by atoms with Crippen molar-refractivity contribution in [2.45, 2.75) is 13.0 Å². The van der Waals surface area contributed by atoms with Gasteiger partial charge >= 0.3 is 0 Å². The minimum atomic E-state index is -0.129. The number of rotatable bonds is 3. The maximum Gasteiger partial charge on any atom is 0.130 e. The molecule has 2 rings (SSSR count). The fraction of sp³-hybridized carbons (Fsp3) is 0.308. The Balaban J connectivity index is 2.79. The smallest absolute Gasteiger partial charge is 0.130 e. The topological polar surface area (TPSA) is 57.4 Å². The largest absolute Gasteiger partial charge is 0.497 e. The van der Waals surface area contributed by atoms with Crippen LogP contribution in [0.15, 0.2) is 24.4 Å². The van der Waals surface area contributed by atoms with Crippen LogP contribution < -0.4 is 15.2 Å². The molecule has 90 valence electrons. The second kappa shape index (κ2) is 4.59. The second-order valence-electron chi connectivity index (χ2n) is 3.91. The van der Waals surface area contributed by atoms with E-state index in [1.54, 1.807) is 20.4 Å². The van der Waals surface area contributed by atoms with Crippen LogP contribution in [-0.4, -0.2) is 19.2 Å². The lowest BCUT2D eigenvalue weighted by Crippen LogP contribution is -2.08. The molecule has 0 saturated heterocycles. The number of pyridine rings is 1. The Labute approximate surface area is 100 Å². The van der Waals surface area contributed by atoms with Gasteiger partial charge in [0.2, 0.25) is 0 Å². The van der Waals surface area contributed by atoms with Crippen LogP contribution in [-0.2, 0) is 0 Å². The molecule has 0 bridgehead atoms. The highest BCUT2D eigenvalue weighted by Gasteiger charge is 2.11. The van der Waals surface area contributed by atoms with E-state index in [-0.39, 0.29) is 6.04 Å². The third-order valence-corrected chi connectivity index (χ3v) is 2.73. The molecule has 1 unspecified atom stereocenters. The summed E-state index contributed by atoms with van der Waals surface area (Å²) in [5.41, 5.74) is 6.77. The van der Waals surface area contributed by atoms with E-state index in [0.717, 1.165) is 28.0 Å². The van der Waals surface area contributed by atoms with Gasteiger partial charge in [-0.1, -0.05) is 0 Å². The van der Waals surface area contributed by atoms with E-state index in [2.05, 4.69) is 4.98 Å². The summed E-state index contributed by atoms with van der Waals surface area (Å²) in [6.07, 6.45) is 1.75. The molecule has 0 aliphatic rings. The minimum absolute atomic E-state index is 0.129. The summed E-state index contributed by atoms with van der Waals surface area (Å²) in [7, 11) is 3.27. The number of benzene rings is 1. The van der Waals surface area contributed by atoms with Crippen molar-refractivity contribution in [3.63, 3.8) is 0 Å². The monoisotopic (exact) mass is 232 g/mol. The zero-order valence-corrected chi connectivity index (χ0v) is 10.2. The van der Waals surface area contributed by atoms with Crippen LogP contribution in [0.4, 0.5) is 0 Å². The predicted octanol–water partition coefficient (Wildman–Crippen LogP) is 2.27. The fourth-order valence-corrected chi connectivity index (χ4v) is 1.90. The third-order valence-electron chi connectivity index (χ3n) is 2.73. The summed E-state index contributed by atoms with van der Waals surface area (Å²) in [4.78, 5) is 4.32. The van der Waals surface area contributed by atoms with Crippen LogP contribution in [0.25, 0.3) is 10.8 Å². The quantitative estimate of drug-likeness (QED) is 0.882. The zero-order valence-electron chi connectivity index (χ0n) is 10.2. The number of fused-ring (bicyclic) bond motifs is 1. The first kappa shape index (κ1) is 11.7. The minimum Gasteiger partial charge on any atom is -0.497 e. The van der Waals surface area contributed by atoms with E-state index in [1.165, 1.54) is 0 Å². The highest BCUT2D eigenvalue weighted by atomic mass is 16.5. The van der Waals surface area contributed by atoms with Crippen LogP contribution >= 0.6 is 0 Å². The summed E-state index contributed by atoms with van der Waals surface area (Å²) >= 11 is 0. The number of nitrogens with zero attached hydrogens (tertiary/aromatic N) is 1. The van der Waals surface area contributed by atoms with Crippen LogP contribution in [0, 0.1) is 0 Å². The Hall–Kier alpha value is -1.81. The van der Waals surface area contributed by atoms with Crippen molar-refractivity contribution >= 4 is 10.8 Å². The lowest BCUT2D eigenvalue weighted by atomic mass is 10.0. The summed E-state index contributed by atoms with van der Waals surface area (Å²) < 4.78 is 10.6. The van der Waals surface area contributed by atoms with E-state index >= 15 is 0 Å². The summed E-state index contributed by atoms with van der Waals surface area (Å²) in [6, 6.07) is 5.58. The Morgan fingerprint density at radius 1 is 1.18 bits per heavy atom. The lowest BCUT2D eigenvalue weighted by Gasteiger charge is -2.13. The molecule has 0 radical (unpaired) electrons. The van der Waals surface area contributed by atoms with Crippen LogP contribution in [0.5, 0.6) is 11.5 Å². The molecule has 0 fully saturated rings. The summed E-state index contributed by atoms with van der Waals surface area (Å²) in [6.45, 7) is 1.91. The molecule has 0 saturated carbocycles.